The second-order valence-electron chi connectivity index (χ2n) is 7.89. The van der Waals surface area contributed by atoms with Crippen LogP contribution in [-0.2, 0) is 26.2 Å². The molecule has 0 heterocycles. The first-order valence-corrected chi connectivity index (χ1v) is 12.7. The molecular formula is C23H29ClFN3O4S. The Morgan fingerprint density at radius 2 is 1.76 bits per heavy atom. The maximum Gasteiger partial charge on any atom is 0.244 e. The van der Waals surface area contributed by atoms with Gasteiger partial charge in [0.05, 0.1) is 11.9 Å². The van der Waals surface area contributed by atoms with Crippen LogP contribution in [0.3, 0.4) is 0 Å². The summed E-state index contributed by atoms with van der Waals surface area (Å²) >= 11 is 5.95. The standard InChI is InChI=1S/C23H29ClFN3O4S/c1-5-16(2)26-23(30)17(3)27(14-18-9-11-19(24)12-10-18)22(29)15-28(33(4,31)32)21-8-6-7-20(25)13-21/h6-13,16-17H,5,14-15H2,1-4H3,(H,26,30)/t16-,17-/m0/s1. The lowest BCUT2D eigenvalue weighted by Gasteiger charge is -2.32. The lowest BCUT2D eigenvalue weighted by atomic mass is 10.1. The molecule has 33 heavy (non-hydrogen) atoms. The van der Waals surface area contributed by atoms with Gasteiger partial charge in [0.25, 0.3) is 0 Å². The van der Waals surface area contributed by atoms with Crippen molar-refractivity contribution < 1.29 is 22.4 Å². The van der Waals surface area contributed by atoms with Crippen LogP contribution in [0.15, 0.2) is 48.5 Å². The van der Waals surface area contributed by atoms with E-state index in [1.807, 2.05) is 13.8 Å². The zero-order valence-corrected chi connectivity index (χ0v) is 20.7. The van der Waals surface area contributed by atoms with Crippen LogP contribution < -0.4 is 9.62 Å². The third-order valence-electron chi connectivity index (χ3n) is 5.21. The fourth-order valence-corrected chi connectivity index (χ4v) is 4.05. The molecule has 2 aromatic rings. The van der Waals surface area contributed by atoms with Crippen molar-refractivity contribution in [1.82, 2.24) is 10.2 Å². The number of nitrogens with zero attached hydrogens (tertiary/aromatic N) is 2. The van der Waals surface area contributed by atoms with Crippen LogP contribution in [0.4, 0.5) is 10.1 Å². The molecule has 0 spiro atoms. The van der Waals surface area contributed by atoms with E-state index in [4.69, 9.17) is 11.6 Å². The number of anilines is 1. The Bertz CT molecular complexity index is 1080. The second-order valence-corrected chi connectivity index (χ2v) is 10.2. The van der Waals surface area contributed by atoms with Crippen LogP contribution in [0.25, 0.3) is 0 Å². The van der Waals surface area contributed by atoms with Gasteiger partial charge >= 0.3 is 0 Å². The zero-order valence-electron chi connectivity index (χ0n) is 19.1. The minimum absolute atomic E-state index is 0.0222. The van der Waals surface area contributed by atoms with E-state index in [9.17, 15) is 22.4 Å². The van der Waals surface area contributed by atoms with E-state index < -0.39 is 34.3 Å². The van der Waals surface area contributed by atoms with E-state index >= 15 is 0 Å². The molecule has 2 atom stereocenters. The molecule has 2 rings (SSSR count). The number of sulfonamides is 1. The summed E-state index contributed by atoms with van der Waals surface area (Å²) in [5, 5.41) is 3.37. The molecule has 0 unspecified atom stereocenters. The Hall–Kier alpha value is -2.65. The molecule has 0 saturated carbocycles. The SMILES string of the molecule is CC[C@H](C)NC(=O)[C@H](C)N(Cc1ccc(Cl)cc1)C(=O)CN(c1cccc(F)c1)S(C)(=O)=O. The number of halogens is 2. The summed E-state index contributed by atoms with van der Waals surface area (Å²) in [6.45, 7) is 4.84. The van der Waals surface area contributed by atoms with Crippen molar-refractivity contribution in [3.05, 3.63) is 64.9 Å². The maximum atomic E-state index is 13.7. The second kappa shape index (κ2) is 11.5. The van der Waals surface area contributed by atoms with Gasteiger partial charge in [0, 0.05) is 17.6 Å². The van der Waals surface area contributed by atoms with E-state index in [0.29, 0.717) is 17.0 Å². The Kier molecular flexibility index (Phi) is 9.25. The van der Waals surface area contributed by atoms with Crippen molar-refractivity contribution >= 4 is 39.1 Å². The average molecular weight is 498 g/mol. The minimum atomic E-state index is -3.91. The molecule has 7 nitrogen and oxygen atoms in total. The van der Waals surface area contributed by atoms with Gasteiger partial charge in [0.15, 0.2) is 0 Å². The van der Waals surface area contributed by atoms with Crippen LogP contribution in [0, 0.1) is 5.82 Å². The molecule has 180 valence electrons. The van der Waals surface area contributed by atoms with Crippen LogP contribution in [0.2, 0.25) is 5.02 Å². The highest BCUT2D eigenvalue weighted by atomic mass is 35.5. The topological polar surface area (TPSA) is 86.8 Å². The molecule has 0 aliphatic rings. The molecule has 10 heteroatoms. The van der Waals surface area contributed by atoms with Gasteiger partial charge in [0.1, 0.15) is 18.4 Å². The van der Waals surface area contributed by atoms with Gasteiger partial charge in [-0.2, -0.15) is 0 Å². The summed E-state index contributed by atoms with van der Waals surface area (Å²) in [7, 11) is -3.91. The quantitative estimate of drug-likeness (QED) is 0.543. The van der Waals surface area contributed by atoms with E-state index in [2.05, 4.69) is 5.32 Å². The number of carbonyl (C=O) groups excluding carboxylic acids is 2. The molecule has 0 aromatic heterocycles. The number of hydrogen-bond acceptors (Lipinski definition) is 4. The first-order valence-electron chi connectivity index (χ1n) is 10.5. The summed E-state index contributed by atoms with van der Waals surface area (Å²) in [4.78, 5) is 27.4. The molecule has 2 aromatic carbocycles. The van der Waals surface area contributed by atoms with Crippen LogP contribution in [0.5, 0.6) is 0 Å². The largest absolute Gasteiger partial charge is 0.352 e. The summed E-state index contributed by atoms with van der Waals surface area (Å²) in [6, 6.07) is 10.8. The predicted molar refractivity (Wildman–Crippen MR) is 128 cm³/mol. The molecule has 0 aliphatic carbocycles. The Morgan fingerprint density at radius 1 is 1.12 bits per heavy atom. The monoisotopic (exact) mass is 497 g/mol. The summed E-state index contributed by atoms with van der Waals surface area (Å²) in [5.41, 5.74) is 0.738. The normalized spacial score (nSPS) is 13.2. The number of nitrogens with one attached hydrogen (secondary N) is 1. The van der Waals surface area contributed by atoms with Gasteiger partial charge < -0.3 is 10.2 Å². The number of benzene rings is 2. The number of carbonyl (C=O) groups is 2. The Balaban J connectivity index is 2.37. The third-order valence-corrected chi connectivity index (χ3v) is 6.60. The van der Waals surface area contributed by atoms with E-state index in [-0.39, 0.29) is 24.2 Å². The van der Waals surface area contributed by atoms with Gasteiger partial charge in [-0.05, 0) is 56.2 Å². The zero-order chi connectivity index (χ0) is 24.8. The highest BCUT2D eigenvalue weighted by molar-refractivity contribution is 7.92. The van der Waals surface area contributed by atoms with Crippen molar-refractivity contribution in [2.75, 3.05) is 17.1 Å². The van der Waals surface area contributed by atoms with Crippen molar-refractivity contribution in [3.63, 3.8) is 0 Å². The van der Waals surface area contributed by atoms with E-state index in [1.165, 1.54) is 23.1 Å². The highest BCUT2D eigenvalue weighted by Crippen LogP contribution is 2.20. The maximum absolute atomic E-state index is 13.7. The predicted octanol–water partition coefficient (Wildman–Crippen LogP) is 3.58. The fraction of sp³-hybridized carbons (Fsp3) is 0.391. The smallest absolute Gasteiger partial charge is 0.244 e. The lowest BCUT2D eigenvalue weighted by molar-refractivity contribution is -0.139. The molecular weight excluding hydrogens is 469 g/mol. The molecule has 1 N–H and O–H groups in total. The minimum Gasteiger partial charge on any atom is -0.352 e. The van der Waals surface area contributed by atoms with Gasteiger partial charge in [0.2, 0.25) is 21.8 Å². The van der Waals surface area contributed by atoms with Gasteiger partial charge in [-0.25, -0.2) is 12.8 Å². The van der Waals surface area contributed by atoms with Gasteiger partial charge in [-0.1, -0.05) is 36.7 Å². The highest BCUT2D eigenvalue weighted by Gasteiger charge is 2.30. The average Bonchev–Trinajstić information content (AvgIpc) is 2.75. The van der Waals surface area contributed by atoms with Crippen LogP contribution >= 0.6 is 11.6 Å². The number of hydrogen-bond donors (Lipinski definition) is 1. The van der Waals surface area contributed by atoms with E-state index in [1.54, 1.807) is 31.2 Å². The first kappa shape index (κ1) is 26.6. The molecule has 0 radical (unpaired) electrons. The third kappa shape index (κ3) is 7.71. The van der Waals surface area contributed by atoms with Crippen molar-refractivity contribution in [2.45, 2.75) is 45.8 Å². The van der Waals surface area contributed by atoms with Crippen LogP contribution in [-0.4, -0.2) is 50.0 Å². The molecule has 0 bridgehead atoms. The molecule has 2 amide bonds. The summed E-state index contributed by atoms with van der Waals surface area (Å²) in [5.74, 6) is -1.59. The van der Waals surface area contributed by atoms with Crippen LogP contribution in [0.1, 0.15) is 32.8 Å². The van der Waals surface area contributed by atoms with Crippen molar-refractivity contribution in [1.29, 1.82) is 0 Å². The summed E-state index contributed by atoms with van der Waals surface area (Å²) < 4.78 is 39.4. The molecule has 0 saturated heterocycles. The van der Waals surface area contributed by atoms with E-state index in [0.717, 1.165) is 16.6 Å². The molecule has 0 aliphatic heterocycles. The Labute approximate surface area is 199 Å². The molecule has 0 fully saturated rings. The lowest BCUT2D eigenvalue weighted by Crippen LogP contribution is -2.52. The van der Waals surface area contributed by atoms with Gasteiger partial charge in [-0.15, -0.1) is 0 Å². The van der Waals surface area contributed by atoms with Gasteiger partial charge in [-0.3, -0.25) is 13.9 Å². The first-order chi connectivity index (χ1) is 15.4. The number of rotatable bonds is 10. The number of amides is 2. The Morgan fingerprint density at radius 3 is 2.30 bits per heavy atom. The summed E-state index contributed by atoms with van der Waals surface area (Å²) in [6.07, 6.45) is 1.65. The van der Waals surface area contributed by atoms with Crippen molar-refractivity contribution in [2.24, 2.45) is 0 Å². The van der Waals surface area contributed by atoms with Crippen molar-refractivity contribution in [3.8, 4) is 0 Å². The fourth-order valence-electron chi connectivity index (χ4n) is 3.08.